The SMILES string of the molecule is CC1(C(=O)C=O)CC1. The molecule has 8 heavy (non-hydrogen) atoms. The van der Waals surface area contributed by atoms with Crippen LogP contribution in [0.2, 0.25) is 0 Å². The van der Waals surface area contributed by atoms with Gasteiger partial charge in [0.1, 0.15) is 0 Å². The maximum absolute atomic E-state index is 10.5. The molecule has 0 N–H and O–H groups in total. The minimum Gasteiger partial charge on any atom is -0.295 e. The third-order valence-corrected chi connectivity index (χ3v) is 1.70. The van der Waals surface area contributed by atoms with E-state index in [4.69, 9.17) is 0 Å². The normalized spacial score (nSPS) is 22.1. The van der Waals surface area contributed by atoms with E-state index in [1.54, 1.807) is 0 Å². The van der Waals surface area contributed by atoms with Gasteiger partial charge in [-0.15, -0.1) is 0 Å². The average molecular weight is 112 g/mol. The van der Waals surface area contributed by atoms with Crippen LogP contribution in [0.15, 0.2) is 0 Å². The summed E-state index contributed by atoms with van der Waals surface area (Å²) < 4.78 is 0. The first-order valence-corrected chi connectivity index (χ1v) is 2.69. The zero-order valence-electron chi connectivity index (χ0n) is 4.81. The van der Waals surface area contributed by atoms with E-state index in [2.05, 4.69) is 0 Å². The van der Waals surface area contributed by atoms with Crippen LogP contribution in [-0.2, 0) is 9.59 Å². The summed E-state index contributed by atoms with van der Waals surface area (Å²) in [6.07, 6.45) is 2.21. The number of Topliss-reactive ketones (excluding diaryl/α,β-unsaturated/α-hetero) is 1. The van der Waals surface area contributed by atoms with Gasteiger partial charge in [-0.2, -0.15) is 0 Å². The van der Waals surface area contributed by atoms with E-state index in [1.807, 2.05) is 6.92 Å². The van der Waals surface area contributed by atoms with Crippen molar-refractivity contribution in [3.8, 4) is 0 Å². The Labute approximate surface area is 47.9 Å². The molecule has 2 heteroatoms. The average Bonchev–Trinajstić information content (AvgIpc) is 2.47. The fourth-order valence-electron chi connectivity index (χ4n) is 0.576. The van der Waals surface area contributed by atoms with E-state index in [-0.39, 0.29) is 11.2 Å². The number of rotatable bonds is 2. The number of aldehydes is 1. The number of hydrogen-bond donors (Lipinski definition) is 0. The maximum atomic E-state index is 10.5. The molecule has 1 rings (SSSR count). The fraction of sp³-hybridized carbons (Fsp3) is 0.667. The number of ketones is 1. The van der Waals surface area contributed by atoms with Crippen molar-refractivity contribution >= 4 is 12.1 Å². The highest BCUT2D eigenvalue weighted by molar-refractivity contribution is 6.28. The Bertz CT molecular complexity index is 133. The highest BCUT2D eigenvalue weighted by Crippen LogP contribution is 2.45. The molecule has 1 aliphatic rings. The van der Waals surface area contributed by atoms with Crippen molar-refractivity contribution in [2.24, 2.45) is 5.41 Å². The summed E-state index contributed by atoms with van der Waals surface area (Å²) in [7, 11) is 0. The van der Waals surface area contributed by atoms with Gasteiger partial charge in [0.2, 0.25) is 5.78 Å². The lowest BCUT2D eigenvalue weighted by molar-refractivity contribution is -0.133. The van der Waals surface area contributed by atoms with Gasteiger partial charge in [0.25, 0.3) is 0 Å². The lowest BCUT2D eigenvalue weighted by Crippen LogP contribution is -2.11. The van der Waals surface area contributed by atoms with Crippen LogP contribution >= 0.6 is 0 Å². The number of hydrogen-bond acceptors (Lipinski definition) is 2. The summed E-state index contributed by atoms with van der Waals surface area (Å²) in [6, 6.07) is 0. The summed E-state index contributed by atoms with van der Waals surface area (Å²) >= 11 is 0. The molecule has 0 amide bonds. The molecule has 1 aliphatic carbocycles. The van der Waals surface area contributed by atoms with Gasteiger partial charge in [0, 0.05) is 5.41 Å². The molecule has 0 aromatic heterocycles. The highest BCUT2D eigenvalue weighted by atomic mass is 16.2. The first kappa shape index (κ1) is 5.48. The molecule has 0 spiro atoms. The molecule has 1 saturated carbocycles. The second-order valence-electron chi connectivity index (χ2n) is 2.54. The highest BCUT2D eigenvalue weighted by Gasteiger charge is 2.44. The van der Waals surface area contributed by atoms with Gasteiger partial charge in [-0.3, -0.25) is 9.59 Å². The van der Waals surface area contributed by atoms with E-state index in [9.17, 15) is 9.59 Å². The van der Waals surface area contributed by atoms with Crippen molar-refractivity contribution < 1.29 is 9.59 Å². The first-order chi connectivity index (χ1) is 3.69. The van der Waals surface area contributed by atoms with Crippen LogP contribution < -0.4 is 0 Å². The number of carbonyl (C=O) groups excluding carboxylic acids is 2. The van der Waals surface area contributed by atoms with Crippen LogP contribution in [0, 0.1) is 5.41 Å². The first-order valence-electron chi connectivity index (χ1n) is 2.69. The Kier molecular flexibility index (Phi) is 0.962. The largest absolute Gasteiger partial charge is 0.295 e. The minimum atomic E-state index is -0.248. The standard InChI is InChI=1S/C6H8O2/c1-6(2-3-6)5(8)4-7/h4H,2-3H2,1H3. The van der Waals surface area contributed by atoms with Crippen LogP contribution in [0.25, 0.3) is 0 Å². The molecule has 0 aromatic rings. The van der Waals surface area contributed by atoms with Gasteiger partial charge in [0.05, 0.1) is 0 Å². The Hall–Kier alpha value is -0.660. The Morgan fingerprint density at radius 1 is 1.62 bits per heavy atom. The lowest BCUT2D eigenvalue weighted by atomic mass is 10.1. The van der Waals surface area contributed by atoms with E-state index < -0.39 is 0 Å². The third-order valence-electron chi connectivity index (χ3n) is 1.70. The Balaban J connectivity index is 2.58. The molecule has 1 fully saturated rings. The molecule has 0 radical (unpaired) electrons. The van der Waals surface area contributed by atoms with Gasteiger partial charge in [-0.25, -0.2) is 0 Å². The Morgan fingerprint density at radius 2 is 2.12 bits per heavy atom. The summed E-state index contributed by atoms with van der Waals surface area (Å²) in [5, 5.41) is 0. The van der Waals surface area contributed by atoms with Crippen molar-refractivity contribution in [1.29, 1.82) is 0 Å². The van der Waals surface area contributed by atoms with Crippen molar-refractivity contribution in [2.75, 3.05) is 0 Å². The second-order valence-corrected chi connectivity index (χ2v) is 2.54. The fourth-order valence-corrected chi connectivity index (χ4v) is 0.576. The molecular weight excluding hydrogens is 104 g/mol. The molecule has 0 unspecified atom stereocenters. The smallest absolute Gasteiger partial charge is 0.201 e. The molecule has 0 saturated heterocycles. The van der Waals surface area contributed by atoms with Crippen molar-refractivity contribution in [2.45, 2.75) is 19.8 Å². The monoisotopic (exact) mass is 112 g/mol. The molecule has 0 atom stereocenters. The summed E-state index contributed by atoms with van der Waals surface area (Å²) in [6.45, 7) is 1.82. The molecule has 2 nitrogen and oxygen atoms in total. The molecule has 0 bridgehead atoms. The molecular formula is C6H8O2. The van der Waals surface area contributed by atoms with Crippen LogP contribution in [0.5, 0.6) is 0 Å². The van der Waals surface area contributed by atoms with Crippen LogP contribution in [0.4, 0.5) is 0 Å². The molecule has 44 valence electrons. The van der Waals surface area contributed by atoms with Crippen molar-refractivity contribution in [3.63, 3.8) is 0 Å². The maximum Gasteiger partial charge on any atom is 0.201 e. The van der Waals surface area contributed by atoms with E-state index in [1.165, 1.54) is 0 Å². The lowest BCUT2D eigenvalue weighted by Gasteiger charge is -1.95. The predicted molar refractivity (Wildman–Crippen MR) is 28.4 cm³/mol. The van der Waals surface area contributed by atoms with Gasteiger partial charge in [-0.1, -0.05) is 6.92 Å². The molecule has 0 heterocycles. The summed E-state index contributed by atoms with van der Waals surface area (Å²) in [4.78, 5) is 20.4. The quantitative estimate of drug-likeness (QED) is 0.386. The topological polar surface area (TPSA) is 34.1 Å². The van der Waals surface area contributed by atoms with Crippen molar-refractivity contribution in [3.05, 3.63) is 0 Å². The van der Waals surface area contributed by atoms with Crippen molar-refractivity contribution in [1.82, 2.24) is 0 Å². The molecule has 0 aromatic carbocycles. The van der Waals surface area contributed by atoms with E-state index in [0.717, 1.165) is 12.8 Å². The predicted octanol–water partition coefficient (Wildman–Crippen LogP) is 0.554. The van der Waals surface area contributed by atoms with E-state index >= 15 is 0 Å². The second kappa shape index (κ2) is 1.41. The Morgan fingerprint density at radius 3 is 2.25 bits per heavy atom. The zero-order chi connectivity index (χ0) is 6.20. The van der Waals surface area contributed by atoms with Gasteiger partial charge in [0.15, 0.2) is 6.29 Å². The van der Waals surface area contributed by atoms with Crippen LogP contribution in [0.3, 0.4) is 0 Å². The van der Waals surface area contributed by atoms with E-state index in [0.29, 0.717) is 6.29 Å². The van der Waals surface area contributed by atoms with Gasteiger partial charge < -0.3 is 0 Å². The molecule has 0 aliphatic heterocycles. The summed E-state index contributed by atoms with van der Waals surface area (Å²) in [5.74, 6) is -0.238. The van der Waals surface area contributed by atoms with Crippen LogP contribution in [-0.4, -0.2) is 12.1 Å². The number of carbonyl (C=O) groups is 2. The van der Waals surface area contributed by atoms with Gasteiger partial charge in [-0.05, 0) is 12.8 Å². The minimum absolute atomic E-state index is 0.238. The van der Waals surface area contributed by atoms with Gasteiger partial charge >= 0.3 is 0 Å². The van der Waals surface area contributed by atoms with Crippen LogP contribution in [0.1, 0.15) is 19.8 Å². The third kappa shape index (κ3) is 0.661. The zero-order valence-corrected chi connectivity index (χ0v) is 4.81. The summed E-state index contributed by atoms with van der Waals surface area (Å²) in [5.41, 5.74) is -0.248.